The van der Waals surface area contributed by atoms with Crippen LogP contribution in [0.15, 0.2) is 42.9 Å². The molecule has 0 bridgehead atoms. The Bertz CT molecular complexity index is 587. The number of aromatic nitrogens is 2. The third-order valence-corrected chi connectivity index (χ3v) is 3.25. The number of rotatable bonds is 4. The number of ether oxygens (including phenoxy) is 1. The molecule has 5 nitrogen and oxygen atoms in total. The Hall–Kier alpha value is -2.43. The van der Waals surface area contributed by atoms with E-state index in [1.54, 1.807) is 49.8 Å². The van der Waals surface area contributed by atoms with Crippen LogP contribution in [-0.4, -0.2) is 34.9 Å². The summed E-state index contributed by atoms with van der Waals surface area (Å²) in [5.41, 5.74) is 1.34. The SMILES string of the molecule is COc1ccnc(C(=O)N(C)C(C)c2cccnc2)c1. The Morgan fingerprint density at radius 3 is 2.80 bits per heavy atom. The van der Waals surface area contributed by atoms with Gasteiger partial charge in [-0.05, 0) is 24.6 Å². The summed E-state index contributed by atoms with van der Waals surface area (Å²) < 4.78 is 5.11. The molecular formula is C15H17N3O2. The minimum Gasteiger partial charge on any atom is -0.497 e. The summed E-state index contributed by atoms with van der Waals surface area (Å²) in [6, 6.07) is 7.06. The van der Waals surface area contributed by atoms with E-state index in [0.717, 1.165) is 5.56 Å². The highest BCUT2D eigenvalue weighted by Crippen LogP contribution is 2.20. The first-order chi connectivity index (χ1) is 9.63. The number of hydrogen-bond donors (Lipinski definition) is 0. The fourth-order valence-electron chi connectivity index (χ4n) is 1.86. The normalized spacial score (nSPS) is 11.8. The summed E-state index contributed by atoms with van der Waals surface area (Å²) in [6.45, 7) is 1.95. The summed E-state index contributed by atoms with van der Waals surface area (Å²) in [7, 11) is 3.31. The molecule has 20 heavy (non-hydrogen) atoms. The van der Waals surface area contributed by atoms with Gasteiger partial charge in [0.2, 0.25) is 0 Å². The van der Waals surface area contributed by atoms with Gasteiger partial charge in [-0.15, -0.1) is 0 Å². The maximum absolute atomic E-state index is 12.4. The molecule has 0 N–H and O–H groups in total. The van der Waals surface area contributed by atoms with Gasteiger partial charge < -0.3 is 9.64 Å². The van der Waals surface area contributed by atoms with Crippen molar-refractivity contribution in [3.8, 4) is 5.75 Å². The maximum Gasteiger partial charge on any atom is 0.272 e. The van der Waals surface area contributed by atoms with Crippen LogP contribution >= 0.6 is 0 Å². The van der Waals surface area contributed by atoms with Crippen LogP contribution in [0, 0.1) is 0 Å². The largest absolute Gasteiger partial charge is 0.497 e. The summed E-state index contributed by atoms with van der Waals surface area (Å²) in [5, 5.41) is 0. The number of carbonyl (C=O) groups excluding carboxylic acids is 1. The zero-order chi connectivity index (χ0) is 14.5. The van der Waals surface area contributed by atoms with Crippen molar-refractivity contribution in [3.05, 3.63) is 54.1 Å². The smallest absolute Gasteiger partial charge is 0.272 e. The van der Waals surface area contributed by atoms with E-state index in [-0.39, 0.29) is 11.9 Å². The van der Waals surface area contributed by atoms with Crippen molar-refractivity contribution in [2.45, 2.75) is 13.0 Å². The summed E-state index contributed by atoms with van der Waals surface area (Å²) in [5.74, 6) is 0.464. The molecule has 1 unspecified atom stereocenters. The Labute approximate surface area is 118 Å². The minimum atomic E-state index is -0.153. The Balaban J connectivity index is 2.19. The molecule has 0 aliphatic heterocycles. The fourth-order valence-corrected chi connectivity index (χ4v) is 1.86. The van der Waals surface area contributed by atoms with Gasteiger partial charge in [0.05, 0.1) is 13.2 Å². The number of carbonyl (C=O) groups is 1. The number of amides is 1. The predicted molar refractivity (Wildman–Crippen MR) is 75.5 cm³/mol. The van der Waals surface area contributed by atoms with Gasteiger partial charge in [-0.25, -0.2) is 0 Å². The van der Waals surface area contributed by atoms with Crippen molar-refractivity contribution in [1.29, 1.82) is 0 Å². The molecule has 1 atom stereocenters. The van der Waals surface area contributed by atoms with Crippen molar-refractivity contribution < 1.29 is 9.53 Å². The van der Waals surface area contributed by atoms with Gasteiger partial charge in [-0.1, -0.05) is 6.07 Å². The quantitative estimate of drug-likeness (QED) is 0.856. The van der Waals surface area contributed by atoms with E-state index < -0.39 is 0 Å². The van der Waals surface area contributed by atoms with Gasteiger partial charge in [0.1, 0.15) is 11.4 Å². The lowest BCUT2D eigenvalue weighted by Gasteiger charge is -2.24. The van der Waals surface area contributed by atoms with Gasteiger partial charge >= 0.3 is 0 Å². The lowest BCUT2D eigenvalue weighted by Crippen LogP contribution is -2.30. The van der Waals surface area contributed by atoms with Crippen LogP contribution in [0.4, 0.5) is 0 Å². The first kappa shape index (κ1) is 14.0. The van der Waals surface area contributed by atoms with Crippen molar-refractivity contribution in [2.75, 3.05) is 14.2 Å². The molecule has 0 aromatic carbocycles. The highest BCUT2D eigenvalue weighted by Gasteiger charge is 2.20. The second kappa shape index (κ2) is 6.14. The third-order valence-electron chi connectivity index (χ3n) is 3.25. The highest BCUT2D eigenvalue weighted by molar-refractivity contribution is 5.92. The molecule has 104 valence electrons. The van der Waals surface area contributed by atoms with Crippen molar-refractivity contribution in [2.24, 2.45) is 0 Å². The molecule has 0 radical (unpaired) electrons. The second-order valence-corrected chi connectivity index (χ2v) is 4.46. The molecule has 0 spiro atoms. The van der Waals surface area contributed by atoms with E-state index in [0.29, 0.717) is 11.4 Å². The summed E-state index contributed by atoms with van der Waals surface area (Å²) in [4.78, 5) is 22.2. The zero-order valence-electron chi connectivity index (χ0n) is 11.8. The van der Waals surface area contributed by atoms with E-state index >= 15 is 0 Å². The molecule has 2 aromatic heterocycles. The van der Waals surface area contributed by atoms with Crippen LogP contribution in [0.25, 0.3) is 0 Å². The van der Waals surface area contributed by atoms with Crippen LogP contribution in [0.5, 0.6) is 5.75 Å². The van der Waals surface area contributed by atoms with E-state index in [4.69, 9.17) is 4.74 Å². The second-order valence-electron chi connectivity index (χ2n) is 4.46. The molecule has 0 aliphatic carbocycles. The summed E-state index contributed by atoms with van der Waals surface area (Å²) in [6.07, 6.45) is 5.03. The molecular weight excluding hydrogens is 254 g/mol. The number of methoxy groups -OCH3 is 1. The van der Waals surface area contributed by atoms with E-state index in [9.17, 15) is 4.79 Å². The molecule has 0 saturated carbocycles. The zero-order valence-corrected chi connectivity index (χ0v) is 11.8. The van der Waals surface area contributed by atoms with Gasteiger partial charge in [-0.2, -0.15) is 0 Å². The first-order valence-corrected chi connectivity index (χ1v) is 6.30. The molecule has 0 aliphatic rings. The van der Waals surface area contributed by atoms with Gasteiger partial charge in [-0.3, -0.25) is 14.8 Å². The average molecular weight is 271 g/mol. The van der Waals surface area contributed by atoms with Crippen LogP contribution < -0.4 is 4.74 Å². The van der Waals surface area contributed by atoms with Crippen LogP contribution in [0.2, 0.25) is 0 Å². The lowest BCUT2D eigenvalue weighted by molar-refractivity contribution is 0.0736. The standard InChI is InChI=1S/C15H17N3O2/c1-11(12-5-4-7-16-10-12)18(2)15(19)14-9-13(20-3)6-8-17-14/h4-11H,1-3H3. The number of hydrogen-bond acceptors (Lipinski definition) is 4. The number of pyridine rings is 2. The van der Waals surface area contributed by atoms with Crippen molar-refractivity contribution >= 4 is 5.91 Å². The Kier molecular flexibility index (Phi) is 4.30. The van der Waals surface area contributed by atoms with Gasteiger partial charge in [0, 0.05) is 31.7 Å². The van der Waals surface area contributed by atoms with Crippen molar-refractivity contribution in [3.63, 3.8) is 0 Å². The fraction of sp³-hybridized carbons (Fsp3) is 0.267. The van der Waals surface area contributed by atoms with E-state index in [1.165, 1.54) is 0 Å². The topological polar surface area (TPSA) is 55.3 Å². The number of nitrogens with zero attached hydrogens (tertiary/aromatic N) is 3. The van der Waals surface area contributed by atoms with Gasteiger partial charge in [0.15, 0.2) is 0 Å². The molecule has 0 saturated heterocycles. The molecule has 2 heterocycles. The van der Waals surface area contributed by atoms with Crippen LogP contribution in [0.1, 0.15) is 29.0 Å². The third kappa shape index (κ3) is 2.93. The van der Waals surface area contributed by atoms with Crippen molar-refractivity contribution in [1.82, 2.24) is 14.9 Å². The molecule has 1 amide bonds. The first-order valence-electron chi connectivity index (χ1n) is 6.30. The monoisotopic (exact) mass is 271 g/mol. The maximum atomic E-state index is 12.4. The Morgan fingerprint density at radius 2 is 2.15 bits per heavy atom. The minimum absolute atomic E-state index is 0.0794. The molecule has 5 heteroatoms. The molecule has 2 rings (SSSR count). The van der Waals surface area contributed by atoms with Gasteiger partial charge in [0.25, 0.3) is 5.91 Å². The Morgan fingerprint density at radius 1 is 1.35 bits per heavy atom. The highest BCUT2D eigenvalue weighted by atomic mass is 16.5. The average Bonchev–Trinajstić information content (AvgIpc) is 2.53. The lowest BCUT2D eigenvalue weighted by atomic mass is 10.1. The van der Waals surface area contributed by atoms with E-state index in [2.05, 4.69) is 9.97 Å². The summed E-state index contributed by atoms with van der Waals surface area (Å²) >= 11 is 0. The van der Waals surface area contributed by atoms with Crippen LogP contribution in [0.3, 0.4) is 0 Å². The van der Waals surface area contributed by atoms with Crippen LogP contribution in [-0.2, 0) is 0 Å². The predicted octanol–water partition coefficient (Wildman–Crippen LogP) is 2.32. The molecule has 0 fully saturated rings. The van der Waals surface area contributed by atoms with E-state index in [1.807, 2.05) is 19.1 Å². The molecule has 2 aromatic rings.